The third-order valence-corrected chi connectivity index (χ3v) is 6.01. The van der Waals surface area contributed by atoms with Gasteiger partial charge in [0.05, 0.1) is 5.69 Å². The SMILES string of the molecule is CCN(CCCCCCn1nc(-c2ccc(F)cc2O)ccc1=O)Cc1ccccc1N(C)C. The van der Waals surface area contributed by atoms with Crippen molar-refractivity contribution < 1.29 is 9.50 Å². The Morgan fingerprint density at radius 2 is 1.76 bits per heavy atom. The third kappa shape index (κ3) is 6.90. The quantitative estimate of drug-likeness (QED) is 0.385. The number of nitrogens with zero attached hydrogens (tertiary/aromatic N) is 4. The Morgan fingerprint density at radius 3 is 2.50 bits per heavy atom. The number of halogens is 1. The summed E-state index contributed by atoms with van der Waals surface area (Å²) in [5.41, 5.74) is 3.28. The number of rotatable bonds is 12. The standard InChI is InChI=1S/C27H35FN4O2/c1-4-31(20-21-11-7-8-12-25(21)30(2)3)17-9-5-6-10-18-32-27(34)16-15-24(29-32)23-14-13-22(28)19-26(23)33/h7-8,11-16,19,33H,4-6,9-10,17-18,20H2,1-3H3. The molecule has 1 heterocycles. The van der Waals surface area contributed by atoms with Crippen LogP contribution in [0.3, 0.4) is 0 Å². The topological polar surface area (TPSA) is 61.6 Å². The van der Waals surface area contributed by atoms with Crippen molar-refractivity contribution in [2.45, 2.75) is 45.7 Å². The maximum Gasteiger partial charge on any atom is 0.266 e. The molecular formula is C27H35FN4O2. The summed E-state index contributed by atoms with van der Waals surface area (Å²) in [6.07, 6.45) is 4.04. The number of hydrogen-bond acceptors (Lipinski definition) is 5. The molecule has 0 spiro atoms. The van der Waals surface area contributed by atoms with E-state index in [1.807, 2.05) is 0 Å². The predicted molar refractivity (Wildman–Crippen MR) is 136 cm³/mol. The Balaban J connectivity index is 1.47. The van der Waals surface area contributed by atoms with Gasteiger partial charge in [-0.05, 0) is 55.8 Å². The molecule has 0 radical (unpaired) electrons. The predicted octanol–water partition coefficient (Wildman–Crippen LogP) is 4.90. The van der Waals surface area contributed by atoms with Gasteiger partial charge in [-0.2, -0.15) is 5.10 Å². The van der Waals surface area contributed by atoms with E-state index in [1.54, 1.807) is 6.07 Å². The molecule has 2 aromatic carbocycles. The first-order chi connectivity index (χ1) is 16.4. The molecular weight excluding hydrogens is 431 g/mol. The van der Waals surface area contributed by atoms with Crippen LogP contribution in [0.5, 0.6) is 5.75 Å². The minimum Gasteiger partial charge on any atom is -0.507 e. The Morgan fingerprint density at radius 1 is 1.00 bits per heavy atom. The van der Waals surface area contributed by atoms with Gasteiger partial charge in [0.1, 0.15) is 11.6 Å². The highest BCUT2D eigenvalue weighted by molar-refractivity contribution is 5.66. The van der Waals surface area contributed by atoms with Gasteiger partial charge >= 0.3 is 0 Å². The molecule has 7 heteroatoms. The highest BCUT2D eigenvalue weighted by atomic mass is 19.1. The summed E-state index contributed by atoms with van der Waals surface area (Å²) >= 11 is 0. The number of anilines is 1. The Kier molecular flexibility index (Phi) is 9.22. The number of aryl methyl sites for hydroxylation is 1. The molecule has 34 heavy (non-hydrogen) atoms. The molecule has 1 aromatic heterocycles. The van der Waals surface area contributed by atoms with Gasteiger partial charge < -0.3 is 10.0 Å². The van der Waals surface area contributed by atoms with Crippen LogP contribution >= 0.6 is 0 Å². The lowest BCUT2D eigenvalue weighted by atomic mass is 10.1. The van der Waals surface area contributed by atoms with Crippen LogP contribution in [0, 0.1) is 5.82 Å². The Bertz CT molecular complexity index is 1130. The van der Waals surface area contributed by atoms with Gasteiger partial charge in [0.15, 0.2) is 0 Å². The van der Waals surface area contributed by atoms with Crippen LogP contribution < -0.4 is 10.5 Å². The summed E-state index contributed by atoms with van der Waals surface area (Å²) in [6.45, 7) is 5.69. The van der Waals surface area contributed by atoms with E-state index in [0.29, 0.717) is 17.8 Å². The second-order valence-electron chi connectivity index (χ2n) is 8.75. The molecule has 3 rings (SSSR count). The second kappa shape index (κ2) is 12.3. The summed E-state index contributed by atoms with van der Waals surface area (Å²) < 4.78 is 14.7. The van der Waals surface area contributed by atoms with Crippen molar-refractivity contribution in [1.29, 1.82) is 0 Å². The number of phenolic OH excluding ortho intramolecular Hbond substituents is 1. The number of aromatic nitrogens is 2. The first kappa shape index (κ1) is 25.4. The van der Waals surface area contributed by atoms with Crippen molar-refractivity contribution in [3.8, 4) is 17.0 Å². The maximum absolute atomic E-state index is 13.3. The molecule has 0 amide bonds. The molecule has 0 saturated heterocycles. The monoisotopic (exact) mass is 466 g/mol. The van der Waals surface area contributed by atoms with E-state index in [1.165, 1.54) is 34.1 Å². The van der Waals surface area contributed by atoms with Crippen molar-refractivity contribution in [3.63, 3.8) is 0 Å². The first-order valence-electron chi connectivity index (χ1n) is 11.9. The average Bonchev–Trinajstić information content (AvgIpc) is 2.82. The van der Waals surface area contributed by atoms with E-state index in [-0.39, 0.29) is 11.3 Å². The fourth-order valence-electron chi connectivity index (χ4n) is 4.10. The fraction of sp³-hybridized carbons (Fsp3) is 0.407. The molecule has 0 unspecified atom stereocenters. The van der Waals surface area contributed by atoms with E-state index in [9.17, 15) is 14.3 Å². The maximum atomic E-state index is 13.3. The van der Waals surface area contributed by atoms with Crippen molar-refractivity contribution in [1.82, 2.24) is 14.7 Å². The number of benzene rings is 2. The number of phenols is 1. The molecule has 0 fully saturated rings. The lowest BCUT2D eigenvalue weighted by Crippen LogP contribution is -2.25. The molecule has 0 atom stereocenters. The van der Waals surface area contributed by atoms with E-state index in [4.69, 9.17) is 0 Å². The summed E-state index contributed by atoms with van der Waals surface area (Å²) in [4.78, 5) is 16.8. The number of unbranched alkanes of at least 4 members (excludes halogenated alkanes) is 3. The largest absolute Gasteiger partial charge is 0.507 e. The van der Waals surface area contributed by atoms with Crippen LogP contribution in [0.2, 0.25) is 0 Å². The van der Waals surface area contributed by atoms with Crippen LogP contribution in [-0.4, -0.2) is 47.0 Å². The van der Waals surface area contributed by atoms with Crippen molar-refractivity contribution in [2.24, 2.45) is 0 Å². The van der Waals surface area contributed by atoms with E-state index < -0.39 is 5.82 Å². The third-order valence-electron chi connectivity index (χ3n) is 6.01. The van der Waals surface area contributed by atoms with E-state index >= 15 is 0 Å². The molecule has 0 saturated carbocycles. The zero-order valence-electron chi connectivity index (χ0n) is 20.4. The van der Waals surface area contributed by atoms with Crippen LogP contribution in [0.25, 0.3) is 11.3 Å². The molecule has 182 valence electrons. The minimum absolute atomic E-state index is 0.179. The van der Waals surface area contributed by atoms with Crippen molar-refractivity contribution >= 4 is 5.69 Å². The van der Waals surface area contributed by atoms with Crippen LogP contribution in [-0.2, 0) is 13.1 Å². The number of hydrogen-bond donors (Lipinski definition) is 1. The Labute approximate surface area is 201 Å². The first-order valence-corrected chi connectivity index (χ1v) is 11.9. The lowest BCUT2D eigenvalue weighted by molar-refractivity contribution is 0.272. The average molecular weight is 467 g/mol. The highest BCUT2D eigenvalue weighted by Gasteiger charge is 2.10. The van der Waals surface area contributed by atoms with Gasteiger partial charge in [-0.25, -0.2) is 9.07 Å². The van der Waals surface area contributed by atoms with E-state index in [0.717, 1.165) is 51.4 Å². The zero-order chi connectivity index (χ0) is 24.5. The smallest absolute Gasteiger partial charge is 0.266 e. The summed E-state index contributed by atoms with van der Waals surface area (Å²) in [5.74, 6) is -0.704. The van der Waals surface area contributed by atoms with Crippen LogP contribution in [0.1, 0.15) is 38.2 Å². The second-order valence-corrected chi connectivity index (χ2v) is 8.75. The van der Waals surface area contributed by atoms with Crippen molar-refractivity contribution in [2.75, 3.05) is 32.1 Å². The summed E-state index contributed by atoms with van der Waals surface area (Å²) in [7, 11) is 4.15. The van der Waals surface area contributed by atoms with Gasteiger partial charge in [-0.3, -0.25) is 9.69 Å². The van der Waals surface area contributed by atoms with E-state index in [2.05, 4.69) is 60.2 Å². The summed E-state index contributed by atoms with van der Waals surface area (Å²) in [5, 5.41) is 14.4. The molecule has 0 aliphatic heterocycles. The summed E-state index contributed by atoms with van der Waals surface area (Å²) in [6, 6.07) is 15.3. The zero-order valence-corrected chi connectivity index (χ0v) is 20.4. The molecule has 0 aliphatic carbocycles. The van der Waals surface area contributed by atoms with Gasteiger partial charge in [0.25, 0.3) is 5.56 Å². The fourth-order valence-corrected chi connectivity index (χ4v) is 4.10. The van der Waals surface area contributed by atoms with Gasteiger partial charge in [-0.1, -0.05) is 38.0 Å². The van der Waals surface area contributed by atoms with Gasteiger partial charge in [-0.15, -0.1) is 0 Å². The minimum atomic E-state index is -0.516. The molecule has 0 aliphatic rings. The highest BCUT2D eigenvalue weighted by Crippen LogP contribution is 2.27. The molecule has 0 bridgehead atoms. The number of aromatic hydroxyl groups is 1. The van der Waals surface area contributed by atoms with Crippen LogP contribution in [0.4, 0.5) is 10.1 Å². The molecule has 1 N–H and O–H groups in total. The van der Waals surface area contributed by atoms with Gasteiger partial charge in [0.2, 0.25) is 0 Å². The normalized spacial score (nSPS) is 11.2. The Hall–Kier alpha value is -3.19. The van der Waals surface area contributed by atoms with Crippen molar-refractivity contribution in [3.05, 3.63) is 76.3 Å². The van der Waals surface area contributed by atoms with Gasteiger partial charge in [0, 0.05) is 50.6 Å². The van der Waals surface area contributed by atoms with Crippen LogP contribution in [0.15, 0.2) is 59.4 Å². The lowest BCUT2D eigenvalue weighted by Gasteiger charge is -2.24. The molecule has 3 aromatic rings. The molecule has 6 nitrogen and oxygen atoms in total. The number of para-hydroxylation sites is 1.